The lowest BCUT2D eigenvalue weighted by Gasteiger charge is -2.27. The van der Waals surface area contributed by atoms with Gasteiger partial charge in [0.2, 0.25) is 0 Å². The zero-order valence-electron chi connectivity index (χ0n) is 28.2. The van der Waals surface area contributed by atoms with E-state index in [9.17, 15) is 0 Å². The molecule has 2 heterocycles. The van der Waals surface area contributed by atoms with Crippen LogP contribution in [0.5, 0.6) is 0 Å². The second-order valence-electron chi connectivity index (χ2n) is 13.0. The maximum absolute atomic E-state index is 2.43. The molecule has 0 radical (unpaired) electrons. The first-order valence-electron chi connectivity index (χ1n) is 17.5. The van der Waals surface area contributed by atoms with Gasteiger partial charge in [0.25, 0.3) is 0 Å². The van der Waals surface area contributed by atoms with Crippen LogP contribution in [-0.4, -0.2) is 0 Å². The van der Waals surface area contributed by atoms with E-state index in [-0.39, 0.29) is 0 Å². The van der Waals surface area contributed by atoms with Crippen molar-refractivity contribution in [1.82, 2.24) is 0 Å². The van der Waals surface area contributed by atoms with Crippen LogP contribution < -0.4 is 9.80 Å². The second kappa shape index (κ2) is 12.8. The molecule has 10 rings (SSSR count). The summed E-state index contributed by atoms with van der Waals surface area (Å²) in [5.74, 6) is 0. The molecular formula is C48H32N2S2. The lowest BCUT2D eigenvalue weighted by Crippen LogP contribution is -2.10. The van der Waals surface area contributed by atoms with Crippen molar-refractivity contribution in [2.24, 2.45) is 0 Å². The summed E-state index contributed by atoms with van der Waals surface area (Å²) in [4.78, 5) is 4.78. The molecule has 52 heavy (non-hydrogen) atoms. The molecule has 0 atom stereocenters. The zero-order valence-corrected chi connectivity index (χ0v) is 29.8. The molecule has 0 aliphatic heterocycles. The molecule has 0 aliphatic rings. The summed E-state index contributed by atoms with van der Waals surface area (Å²) in [6.07, 6.45) is 0. The average molecular weight is 701 g/mol. The molecule has 8 aromatic carbocycles. The van der Waals surface area contributed by atoms with Crippen molar-refractivity contribution in [2.75, 3.05) is 9.80 Å². The van der Waals surface area contributed by atoms with Gasteiger partial charge in [-0.1, -0.05) is 115 Å². The van der Waals surface area contributed by atoms with E-state index < -0.39 is 0 Å². The third-order valence-corrected chi connectivity index (χ3v) is 12.1. The zero-order chi connectivity index (χ0) is 34.4. The molecule has 2 nitrogen and oxygen atoms in total. The van der Waals surface area contributed by atoms with Crippen LogP contribution in [0.15, 0.2) is 194 Å². The number of nitrogens with zero attached hydrogens (tertiary/aromatic N) is 2. The molecule has 4 heteroatoms. The second-order valence-corrected chi connectivity index (χ2v) is 15.1. The molecule has 0 aliphatic carbocycles. The first-order chi connectivity index (χ1) is 25.8. The Labute approximate surface area is 310 Å². The summed E-state index contributed by atoms with van der Waals surface area (Å²) in [6, 6.07) is 70.2. The summed E-state index contributed by atoms with van der Waals surface area (Å²) < 4.78 is 5.14. The Morgan fingerprint density at radius 3 is 1.50 bits per heavy atom. The number of thiophene rings is 2. The van der Waals surface area contributed by atoms with Gasteiger partial charge in [0.05, 0.1) is 5.69 Å². The Kier molecular flexibility index (Phi) is 7.56. The molecule has 0 fully saturated rings. The predicted octanol–water partition coefficient (Wildman–Crippen LogP) is 15.0. The van der Waals surface area contributed by atoms with Crippen molar-refractivity contribution >= 4 is 97.1 Å². The van der Waals surface area contributed by atoms with E-state index in [1.54, 1.807) is 0 Å². The van der Waals surface area contributed by atoms with E-state index in [2.05, 4.69) is 204 Å². The van der Waals surface area contributed by atoms with Crippen molar-refractivity contribution in [3.63, 3.8) is 0 Å². The van der Waals surface area contributed by atoms with Crippen molar-refractivity contribution in [1.29, 1.82) is 0 Å². The van der Waals surface area contributed by atoms with Gasteiger partial charge in [-0.05, 0) is 90.0 Å². The molecule has 246 valence electrons. The molecule has 0 amide bonds. The van der Waals surface area contributed by atoms with Gasteiger partial charge in [0.1, 0.15) is 0 Å². The number of fused-ring (bicyclic) bond motifs is 6. The Morgan fingerprint density at radius 2 is 0.769 bits per heavy atom. The monoisotopic (exact) mass is 700 g/mol. The first kappa shape index (κ1) is 30.6. The van der Waals surface area contributed by atoms with Crippen molar-refractivity contribution in [2.45, 2.75) is 0 Å². The van der Waals surface area contributed by atoms with Gasteiger partial charge in [-0.25, -0.2) is 0 Å². The fraction of sp³-hybridized carbons (Fsp3) is 0. The Morgan fingerprint density at radius 1 is 0.288 bits per heavy atom. The molecule has 0 spiro atoms. The third kappa shape index (κ3) is 5.32. The fourth-order valence-corrected chi connectivity index (χ4v) is 9.74. The van der Waals surface area contributed by atoms with Gasteiger partial charge < -0.3 is 9.80 Å². The minimum absolute atomic E-state index is 1.12. The highest BCUT2D eigenvalue weighted by Crippen LogP contribution is 2.47. The quantitative estimate of drug-likeness (QED) is 0.163. The topological polar surface area (TPSA) is 6.48 Å². The summed E-state index contributed by atoms with van der Waals surface area (Å²) in [5, 5.41) is 5.16. The van der Waals surface area contributed by atoms with Gasteiger partial charge in [-0.2, -0.15) is 0 Å². The van der Waals surface area contributed by atoms with E-state index in [0.29, 0.717) is 0 Å². The normalized spacial score (nSPS) is 11.5. The fourth-order valence-electron chi connectivity index (χ4n) is 7.44. The molecule has 0 saturated carbocycles. The van der Waals surface area contributed by atoms with Crippen LogP contribution in [0.25, 0.3) is 51.5 Å². The minimum Gasteiger partial charge on any atom is -0.310 e. The number of hydrogen-bond acceptors (Lipinski definition) is 4. The van der Waals surface area contributed by atoms with Gasteiger partial charge in [0.15, 0.2) is 0 Å². The molecular weight excluding hydrogens is 669 g/mol. The number of anilines is 6. The molecule has 10 aromatic rings. The molecule has 0 bridgehead atoms. The van der Waals surface area contributed by atoms with E-state index in [1.165, 1.54) is 57.2 Å². The lowest BCUT2D eigenvalue weighted by molar-refractivity contribution is 1.29. The Balaban J connectivity index is 1.12. The smallest absolute Gasteiger partial charge is 0.0554 e. The highest BCUT2D eigenvalue weighted by molar-refractivity contribution is 7.26. The summed E-state index contributed by atoms with van der Waals surface area (Å²) >= 11 is 3.72. The molecule has 0 saturated heterocycles. The Hall–Kier alpha value is -6.20. The predicted molar refractivity (Wildman–Crippen MR) is 227 cm³/mol. The maximum atomic E-state index is 2.43. The van der Waals surface area contributed by atoms with Crippen LogP contribution in [0.3, 0.4) is 0 Å². The van der Waals surface area contributed by atoms with Crippen molar-refractivity contribution in [3.05, 3.63) is 194 Å². The van der Waals surface area contributed by atoms with Crippen molar-refractivity contribution < 1.29 is 0 Å². The summed E-state index contributed by atoms with van der Waals surface area (Å²) in [5.41, 5.74) is 9.29. The van der Waals surface area contributed by atoms with Crippen molar-refractivity contribution in [3.8, 4) is 11.1 Å². The van der Waals surface area contributed by atoms with Crippen LogP contribution in [0.1, 0.15) is 0 Å². The van der Waals surface area contributed by atoms with Crippen LogP contribution >= 0.6 is 22.7 Å². The molecule has 0 unspecified atom stereocenters. The number of hydrogen-bond donors (Lipinski definition) is 0. The van der Waals surface area contributed by atoms with Gasteiger partial charge in [0, 0.05) is 68.8 Å². The van der Waals surface area contributed by atoms with E-state index in [4.69, 9.17) is 0 Å². The van der Waals surface area contributed by atoms with Crippen LogP contribution in [0, 0.1) is 0 Å². The van der Waals surface area contributed by atoms with Crippen LogP contribution in [-0.2, 0) is 0 Å². The highest BCUT2D eigenvalue weighted by Gasteiger charge is 2.21. The van der Waals surface area contributed by atoms with E-state index in [1.807, 2.05) is 22.7 Å². The summed E-state index contributed by atoms with van der Waals surface area (Å²) in [7, 11) is 0. The van der Waals surface area contributed by atoms with Gasteiger partial charge in [-0.15, -0.1) is 22.7 Å². The lowest BCUT2D eigenvalue weighted by atomic mass is 10.0. The molecule has 0 N–H and O–H groups in total. The maximum Gasteiger partial charge on any atom is 0.0554 e. The van der Waals surface area contributed by atoms with Gasteiger partial charge in [-0.3, -0.25) is 0 Å². The van der Waals surface area contributed by atoms with E-state index >= 15 is 0 Å². The molecule has 2 aromatic heterocycles. The number of rotatable bonds is 7. The van der Waals surface area contributed by atoms with Crippen LogP contribution in [0.4, 0.5) is 34.1 Å². The highest BCUT2D eigenvalue weighted by atomic mass is 32.1. The Bertz CT molecular complexity index is 2840. The largest absolute Gasteiger partial charge is 0.310 e. The summed E-state index contributed by atoms with van der Waals surface area (Å²) in [6.45, 7) is 0. The van der Waals surface area contributed by atoms with E-state index in [0.717, 1.165) is 28.4 Å². The SMILES string of the molecule is c1ccc(-c2ccc(N(c3ccccc3)c3ccc4c(c3)sc3cccc(N(c5ccccc5)c5ccc6c(c5)sc5ccccc56)c34)cc2)cc1. The third-order valence-electron chi connectivity index (χ3n) is 9.84. The standard InChI is InChI=1S/C48H32N2S2/c1-4-13-33(14-5-1)34-23-25-37(26-24-34)49(35-15-6-2-7-16-35)38-28-30-42-47(31-38)52-45-22-12-20-43(48(42)45)50(36-17-8-3-9-18-36)39-27-29-41-40-19-10-11-21-44(40)51-46(41)32-39/h1-32H. The number of benzene rings is 8. The van der Waals surface area contributed by atoms with Gasteiger partial charge >= 0.3 is 0 Å². The number of para-hydroxylation sites is 2. The minimum atomic E-state index is 1.12. The first-order valence-corrected chi connectivity index (χ1v) is 19.1. The van der Waals surface area contributed by atoms with Crippen LogP contribution in [0.2, 0.25) is 0 Å². The average Bonchev–Trinajstić information content (AvgIpc) is 3.78.